The van der Waals surface area contributed by atoms with Crippen LogP contribution in [0.15, 0.2) is 18.2 Å². The number of benzene rings is 1. The Labute approximate surface area is 117 Å². The maximum atomic E-state index is 5.91. The minimum atomic E-state index is 0.128. The smallest absolute Gasteiger partial charge is 0.161 e. The summed E-state index contributed by atoms with van der Waals surface area (Å²) in [5.74, 6) is 2.35. The molecule has 1 rings (SSSR count). The molecule has 3 nitrogen and oxygen atoms in total. The summed E-state index contributed by atoms with van der Waals surface area (Å²) in [7, 11) is 1.67. The van der Waals surface area contributed by atoms with E-state index in [-0.39, 0.29) is 6.10 Å². The Morgan fingerprint density at radius 3 is 2.53 bits per heavy atom. The standard InChI is InChI=1S/C16H27NO2/c1-12(2)8-9-17-11-14(4)19-15-7-6-13(3)10-16(15)18-5/h6-7,10,12,14,17H,8-9,11H2,1-5H3. The van der Waals surface area contributed by atoms with Crippen LogP contribution in [0, 0.1) is 12.8 Å². The second kappa shape index (κ2) is 8.05. The third-order valence-electron chi connectivity index (χ3n) is 2.98. The summed E-state index contributed by atoms with van der Waals surface area (Å²) in [5, 5.41) is 3.42. The van der Waals surface area contributed by atoms with E-state index in [1.54, 1.807) is 7.11 Å². The molecule has 1 atom stereocenters. The third-order valence-corrected chi connectivity index (χ3v) is 2.98. The van der Waals surface area contributed by atoms with E-state index < -0.39 is 0 Å². The SMILES string of the molecule is COc1cc(C)ccc1OC(C)CNCCC(C)C. The molecule has 0 aliphatic carbocycles. The lowest BCUT2D eigenvalue weighted by Crippen LogP contribution is -2.30. The maximum absolute atomic E-state index is 5.91. The van der Waals surface area contributed by atoms with Crippen LogP contribution in [0.3, 0.4) is 0 Å². The Hall–Kier alpha value is -1.22. The summed E-state index contributed by atoms with van der Waals surface area (Å²) in [5.41, 5.74) is 1.17. The Morgan fingerprint density at radius 2 is 1.89 bits per heavy atom. The van der Waals surface area contributed by atoms with Gasteiger partial charge in [0.15, 0.2) is 11.5 Å². The van der Waals surface area contributed by atoms with Crippen LogP contribution >= 0.6 is 0 Å². The van der Waals surface area contributed by atoms with E-state index in [9.17, 15) is 0 Å². The van der Waals surface area contributed by atoms with Gasteiger partial charge in [-0.3, -0.25) is 0 Å². The highest BCUT2D eigenvalue weighted by atomic mass is 16.5. The molecule has 0 saturated heterocycles. The number of methoxy groups -OCH3 is 1. The van der Waals surface area contributed by atoms with Gasteiger partial charge in [-0.1, -0.05) is 19.9 Å². The molecule has 0 heterocycles. The summed E-state index contributed by atoms with van der Waals surface area (Å²) in [6.07, 6.45) is 1.32. The molecule has 0 spiro atoms. The van der Waals surface area contributed by atoms with Crippen LogP contribution in [0.2, 0.25) is 0 Å². The molecule has 1 unspecified atom stereocenters. The van der Waals surface area contributed by atoms with Gasteiger partial charge < -0.3 is 14.8 Å². The number of aryl methyl sites for hydroxylation is 1. The molecule has 1 N–H and O–H groups in total. The van der Waals surface area contributed by atoms with E-state index in [1.807, 2.05) is 25.1 Å². The average Bonchev–Trinajstić information content (AvgIpc) is 2.36. The van der Waals surface area contributed by atoms with Crippen LogP contribution in [-0.4, -0.2) is 26.3 Å². The third kappa shape index (κ3) is 5.97. The van der Waals surface area contributed by atoms with Gasteiger partial charge in [-0.2, -0.15) is 0 Å². The molecule has 0 amide bonds. The van der Waals surface area contributed by atoms with Gasteiger partial charge in [-0.15, -0.1) is 0 Å². The Kier molecular flexibility index (Phi) is 6.71. The van der Waals surface area contributed by atoms with Crippen molar-refractivity contribution in [3.05, 3.63) is 23.8 Å². The quantitative estimate of drug-likeness (QED) is 0.731. The van der Waals surface area contributed by atoms with Crippen LogP contribution < -0.4 is 14.8 Å². The van der Waals surface area contributed by atoms with Gasteiger partial charge in [0.05, 0.1) is 7.11 Å². The first-order valence-corrected chi connectivity index (χ1v) is 7.05. The lowest BCUT2D eigenvalue weighted by molar-refractivity contribution is 0.207. The molecule has 0 aliphatic heterocycles. The van der Waals surface area contributed by atoms with Crippen LogP contribution in [0.25, 0.3) is 0 Å². The van der Waals surface area contributed by atoms with Crippen molar-refractivity contribution in [3.63, 3.8) is 0 Å². The van der Waals surface area contributed by atoms with Crippen molar-refractivity contribution in [2.45, 2.75) is 40.2 Å². The number of hydrogen-bond acceptors (Lipinski definition) is 3. The highest BCUT2D eigenvalue weighted by Gasteiger charge is 2.09. The van der Waals surface area contributed by atoms with Crippen LogP contribution in [0.4, 0.5) is 0 Å². The Bertz CT molecular complexity index is 377. The van der Waals surface area contributed by atoms with E-state index in [2.05, 4.69) is 26.1 Å². The zero-order chi connectivity index (χ0) is 14.3. The largest absolute Gasteiger partial charge is 0.493 e. The zero-order valence-corrected chi connectivity index (χ0v) is 12.8. The number of rotatable bonds is 8. The molecular weight excluding hydrogens is 238 g/mol. The predicted molar refractivity (Wildman–Crippen MR) is 80.1 cm³/mol. The van der Waals surface area contributed by atoms with Crippen molar-refractivity contribution in [2.75, 3.05) is 20.2 Å². The fraction of sp³-hybridized carbons (Fsp3) is 0.625. The maximum Gasteiger partial charge on any atom is 0.161 e. The fourth-order valence-corrected chi connectivity index (χ4v) is 1.83. The monoisotopic (exact) mass is 265 g/mol. The van der Waals surface area contributed by atoms with Gasteiger partial charge in [-0.25, -0.2) is 0 Å². The zero-order valence-electron chi connectivity index (χ0n) is 12.8. The van der Waals surface area contributed by atoms with Crippen LogP contribution in [0.5, 0.6) is 11.5 Å². The van der Waals surface area contributed by atoms with Gasteiger partial charge in [0.25, 0.3) is 0 Å². The molecule has 19 heavy (non-hydrogen) atoms. The molecule has 108 valence electrons. The van der Waals surface area contributed by atoms with Crippen molar-refractivity contribution in [1.82, 2.24) is 5.32 Å². The second-order valence-electron chi connectivity index (χ2n) is 5.47. The number of hydrogen-bond donors (Lipinski definition) is 1. The highest BCUT2D eigenvalue weighted by Crippen LogP contribution is 2.28. The first-order valence-electron chi connectivity index (χ1n) is 7.05. The summed E-state index contributed by atoms with van der Waals surface area (Å²) in [6.45, 7) is 10.5. The molecule has 0 saturated carbocycles. The minimum absolute atomic E-state index is 0.128. The van der Waals surface area contributed by atoms with Gasteiger partial charge in [0, 0.05) is 6.54 Å². The summed E-state index contributed by atoms with van der Waals surface area (Å²) in [6, 6.07) is 6.00. The van der Waals surface area contributed by atoms with Crippen molar-refractivity contribution >= 4 is 0 Å². The topological polar surface area (TPSA) is 30.5 Å². The molecule has 1 aromatic rings. The second-order valence-corrected chi connectivity index (χ2v) is 5.47. The normalized spacial score (nSPS) is 12.5. The molecule has 0 fully saturated rings. The van der Waals surface area contributed by atoms with E-state index in [1.165, 1.54) is 12.0 Å². The Morgan fingerprint density at radius 1 is 1.16 bits per heavy atom. The summed E-state index contributed by atoms with van der Waals surface area (Å²) < 4.78 is 11.2. The van der Waals surface area contributed by atoms with E-state index in [0.29, 0.717) is 0 Å². The van der Waals surface area contributed by atoms with Crippen molar-refractivity contribution in [2.24, 2.45) is 5.92 Å². The van der Waals surface area contributed by atoms with Gasteiger partial charge in [-0.05, 0) is 50.4 Å². The first-order chi connectivity index (χ1) is 9.02. The van der Waals surface area contributed by atoms with E-state index >= 15 is 0 Å². The summed E-state index contributed by atoms with van der Waals surface area (Å²) in [4.78, 5) is 0. The van der Waals surface area contributed by atoms with E-state index in [0.717, 1.165) is 30.5 Å². The molecule has 0 aromatic heterocycles. The number of ether oxygens (including phenoxy) is 2. The number of nitrogens with one attached hydrogen (secondary N) is 1. The lowest BCUT2D eigenvalue weighted by atomic mass is 10.1. The Balaban J connectivity index is 2.41. The minimum Gasteiger partial charge on any atom is -0.493 e. The van der Waals surface area contributed by atoms with Gasteiger partial charge in [0.1, 0.15) is 6.10 Å². The average molecular weight is 265 g/mol. The highest BCUT2D eigenvalue weighted by molar-refractivity contribution is 5.42. The van der Waals surface area contributed by atoms with E-state index in [4.69, 9.17) is 9.47 Å². The lowest BCUT2D eigenvalue weighted by Gasteiger charge is -2.18. The summed E-state index contributed by atoms with van der Waals surface area (Å²) >= 11 is 0. The van der Waals surface area contributed by atoms with Crippen molar-refractivity contribution in [1.29, 1.82) is 0 Å². The van der Waals surface area contributed by atoms with Gasteiger partial charge >= 0.3 is 0 Å². The van der Waals surface area contributed by atoms with Crippen LogP contribution in [0.1, 0.15) is 32.8 Å². The molecule has 0 aliphatic rings. The molecule has 0 bridgehead atoms. The fourth-order valence-electron chi connectivity index (χ4n) is 1.83. The van der Waals surface area contributed by atoms with Crippen molar-refractivity contribution in [3.8, 4) is 11.5 Å². The molecule has 3 heteroatoms. The first kappa shape index (κ1) is 15.8. The van der Waals surface area contributed by atoms with Gasteiger partial charge in [0.2, 0.25) is 0 Å². The molecule has 0 radical (unpaired) electrons. The molecular formula is C16H27NO2. The molecule has 1 aromatic carbocycles. The predicted octanol–water partition coefficient (Wildman–Crippen LogP) is 3.41. The van der Waals surface area contributed by atoms with Crippen LogP contribution in [-0.2, 0) is 0 Å². The van der Waals surface area contributed by atoms with Crippen molar-refractivity contribution < 1.29 is 9.47 Å².